The summed E-state index contributed by atoms with van der Waals surface area (Å²) in [7, 11) is 5.55. The van der Waals surface area contributed by atoms with Crippen LogP contribution in [0.15, 0.2) is 36.4 Å². The summed E-state index contributed by atoms with van der Waals surface area (Å²) in [5.41, 5.74) is 1.55. The molecule has 3 rings (SSSR count). The zero-order valence-electron chi connectivity index (χ0n) is 16.8. The SMILES string of the molecule is COc1ccc(C)c2sc(N(CC[NH+](C)C)C(=O)c3ccccc3[N+](=O)[O-])nc12. The fourth-order valence-electron chi connectivity index (χ4n) is 2.96. The summed E-state index contributed by atoms with van der Waals surface area (Å²) in [6.45, 7) is 3.02. The number of benzene rings is 2. The van der Waals surface area contributed by atoms with Gasteiger partial charge in [-0.3, -0.25) is 19.8 Å². The maximum atomic E-state index is 13.3. The van der Waals surface area contributed by atoms with Gasteiger partial charge in [-0.2, -0.15) is 0 Å². The maximum Gasteiger partial charge on any atom is 0.282 e. The number of likely N-dealkylation sites (N-methyl/N-ethyl adjacent to an activating group) is 1. The Bertz CT molecular complexity index is 1060. The number of methoxy groups -OCH3 is 1. The van der Waals surface area contributed by atoms with Gasteiger partial charge in [0.2, 0.25) is 0 Å². The van der Waals surface area contributed by atoms with Crippen molar-refractivity contribution in [1.82, 2.24) is 4.98 Å². The van der Waals surface area contributed by atoms with Crippen LogP contribution in [-0.4, -0.2) is 50.1 Å². The van der Waals surface area contributed by atoms with Crippen LogP contribution in [0, 0.1) is 17.0 Å². The fraction of sp³-hybridized carbons (Fsp3) is 0.300. The summed E-state index contributed by atoms with van der Waals surface area (Å²) in [6.07, 6.45) is 0. The first-order chi connectivity index (χ1) is 13.8. The molecule has 9 heteroatoms. The number of nitrogens with zero attached hydrogens (tertiary/aromatic N) is 3. The molecule has 29 heavy (non-hydrogen) atoms. The minimum atomic E-state index is -0.534. The molecule has 1 N–H and O–H groups in total. The number of nitrogens with one attached hydrogen (secondary N) is 1. The van der Waals surface area contributed by atoms with E-state index in [1.807, 2.05) is 33.2 Å². The second-order valence-corrected chi connectivity index (χ2v) is 7.92. The van der Waals surface area contributed by atoms with E-state index in [2.05, 4.69) is 4.98 Å². The summed E-state index contributed by atoms with van der Waals surface area (Å²) < 4.78 is 6.34. The van der Waals surface area contributed by atoms with Crippen LogP contribution in [0.2, 0.25) is 0 Å². The highest BCUT2D eigenvalue weighted by molar-refractivity contribution is 7.22. The van der Waals surface area contributed by atoms with Gasteiger partial charge in [0.15, 0.2) is 5.13 Å². The molecule has 1 aromatic heterocycles. The molecule has 0 saturated carbocycles. The van der Waals surface area contributed by atoms with E-state index in [0.29, 0.717) is 29.5 Å². The number of amides is 1. The largest absolute Gasteiger partial charge is 0.494 e. The van der Waals surface area contributed by atoms with Crippen molar-refractivity contribution in [3.8, 4) is 5.75 Å². The number of fused-ring (bicyclic) bond motifs is 1. The zero-order chi connectivity index (χ0) is 21.1. The van der Waals surface area contributed by atoms with Gasteiger partial charge in [0.05, 0.1) is 43.9 Å². The van der Waals surface area contributed by atoms with Gasteiger partial charge in [0.1, 0.15) is 16.8 Å². The van der Waals surface area contributed by atoms with Crippen molar-refractivity contribution >= 4 is 38.3 Å². The van der Waals surface area contributed by atoms with Gasteiger partial charge in [0.25, 0.3) is 11.6 Å². The molecule has 0 spiro atoms. The molecule has 152 valence electrons. The topological polar surface area (TPSA) is 90.0 Å². The molecule has 0 atom stereocenters. The monoisotopic (exact) mass is 415 g/mol. The van der Waals surface area contributed by atoms with E-state index in [4.69, 9.17) is 4.74 Å². The lowest BCUT2D eigenvalue weighted by Crippen LogP contribution is -3.06. The summed E-state index contributed by atoms with van der Waals surface area (Å²) in [5.74, 6) is 0.193. The van der Waals surface area contributed by atoms with Gasteiger partial charge in [-0.25, -0.2) is 4.98 Å². The van der Waals surface area contributed by atoms with Crippen LogP contribution >= 0.6 is 11.3 Å². The van der Waals surface area contributed by atoms with Gasteiger partial charge in [0, 0.05) is 6.07 Å². The summed E-state index contributed by atoms with van der Waals surface area (Å²) in [6, 6.07) is 9.79. The summed E-state index contributed by atoms with van der Waals surface area (Å²) in [4.78, 5) is 31.6. The maximum absolute atomic E-state index is 13.3. The number of ether oxygens (including phenoxy) is 1. The number of aryl methyl sites for hydroxylation is 1. The third kappa shape index (κ3) is 4.20. The second-order valence-electron chi connectivity index (χ2n) is 6.95. The number of hydrogen-bond donors (Lipinski definition) is 1. The molecule has 2 aromatic carbocycles. The number of thiazole rings is 1. The lowest BCUT2D eigenvalue weighted by atomic mass is 10.1. The normalized spacial score (nSPS) is 11.1. The van der Waals surface area contributed by atoms with E-state index in [1.54, 1.807) is 19.2 Å². The van der Waals surface area contributed by atoms with Crippen molar-refractivity contribution in [1.29, 1.82) is 0 Å². The highest BCUT2D eigenvalue weighted by atomic mass is 32.1. The van der Waals surface area contributed by atoms with E-state index in [9.17, 15) is 14.9 Å². The fourth-order valence-corrected chi connectivity index (χ4v) is 4.03. The molecule has 0 radical (unpaired) electrons. The smallest absolute Gasteiger partial charge is 0.282 e. The molecule has 0 aliphatic rings. The third-order valence-electron chi connectivity index (χ3n) is 4.55. The number of nitro groups is 1. The van der Waals surface area contributed by atoms with Crippen LogP contribution < -0.4 is 14.5 Å². The van der Waals surface area contributed by atoms with Crippen molar-refractivity contribution < 1.29 is 19.4 Å². The number of rotatable bonds is 7. The van der Waals surface area contributed by atoms with E-state index >= 15 is 0 Å². The zero-order valence-corrected chi connectivity index (χ0v) is 17.6. The predicted octanol–water partition coefficient (Wildman–Crippen LogP) is 2.31. The minimum absolute atomic E-state index is 0.0502. The predicted molar refractivity (Wildman–Crippen MR) is 113 cm³/mol. The number of para-hydroxylation sites is 1. The summed E-state index contributed by atoms with van der Waals surface area (Å²) in [5, 5.41) is 11.9. The van der Waals surface area contributed by atoms with Gasteiger partial charge < -0.3 is 9.64 Å². The number of anilines is 1. The lowest BCUT2D eigenvalue weighted by molar-refractivity contribution is -0.856. The second kappa shape index (κ2) is 8.54. The lowest BCUT2D eigenvalue weighted by Gasteiger charge is -2.20. The molecular formula is C20H23N4O4S+. The van der Waals surface area contributed by atoms with Crippen LogP contribution in [0.5, 0.6) is 5.75 Å². The molecule has 0 saturated heterocycles. The molecule has 8 nitrogen and oxygen atoms in total. The van der Waals surface area contributed by atoms with Crippen molar-refractivity contribution in [3.63, 3.8) is 0 Å². The standard InChI is InChI=1S/C20H22N4O4S/c1-13-9-10-16(28-4)17-18(13)29-20(21-17)23(12-11-22(2)3)19(25)14-7-5-6-8-15(14)24(26)27/h5-10H,11-12H2,1-4H3/p+1. The van der Waals surface area contributed by atoms with Crippen LogP contribution in [0.1, 0.15) is 15.9 Å². The van der Waals surface area contributed by atoms with Crippen molar-refractivity contribution in [2.75, 3.05) is 39.2 Å². The van der Waals surface area contributed by atoms with Gasteiger partial charge in [-0.1, -0.05) is 29.5 Å². The van der Waals surface area contributed by atoms with E-state index < -0.39 is 10.8 Å². The average molecular weight is 415 g/mol. The van der Waals surface area contributed by atoms with Crippen LogP contribution in [-0.2, 0) is 0 Å². The molecular weight excluding hydrogens is 392 g/mol. The van der Waals surface area contributed by atoms with Crippen LogP contribution in [0.25, 0.3) is 10.2 Å². The molecule has 0 unspecified atom stereocenters. The van der Waals surface area contributed by atoms with Crippen molar-refractivity contribution in [2.45, 2.75) is 6.92 Å². The Morgan fingerprint density at radius 2 is 2.00 bits per heavy atom. The molecule has 0 fully saturated rings. The molecule has 3 aromatic rings. The molecule has 1 heterocycles. The first kappa shape index (κ1) is 20.7. The number of nitro benzene ring substituents is 1. The van der Waals surface area contributed by atoms with Crippen molar-refractivity contribution in [3.05, 3.63) is 57.6 Å². The first-order valence-corrected chi connectivity index (χ1v) is 9.93. The van der Waals surface area contributed by atoms with E-state index in [-0.39, 0.29) is 11.3 Å². The van der Waals surface area contributed by atoms with E-state index in [0.717, 1.165) is 15.2 Å². The molecule has 1 amide bonds. The number of carbonyl (C=O) groups excluding carboxylic acids is 1. The Hall–Kier alpha value is -3.04. The minimum Gasteiger partial charge on any atom is -0.494 e. The summed E-state index contributed by atoms with van der Waals surface area (Å²) >= 11 is 1.39. The number of quaternary nitrogens is 1. The van der Waals surface area contributed by atoms with Gasteiger partial charge in [-0.15, -0.1) is 0 Å². The molecule has 0 bridgehead atoms. The third-order valence-corrected chi connectivity index (χ3v) is 5.77. The Kier molecular flexibility index (Phi) is 6.09. The highest BCUT2D eigenvalue weighted by Crippen LogP contribution is 2.37. The number of aromatic nitrogens is 1. The Labute approximate surface area is 172 Å². The van der Waals surface area contributed by atoms with Gasteiger partial charge in [-0.05, 0) is 24.6 Å². The molecule has 0 aliphatic carbocycles. The number of carbonyl (C=O) groups is 1. The first-order valence-electron chi connectivity index (χ1n) is 9.12. The van der Waals surface area contributed by atoms with Crippen LogP contribution in [0.4, 0.5) is 10.8 Å². The van der Waals surface area contributed by atoms with E-state index in [1.165, 1.54) is 28.4 Å². The number of hydrogen-bond acceptors (Lipinski definition) is 6. The quantitative estimate of drug-likeness (QED) is 0.472. The highest BCUT2D eigenvalue weighted by Gasteiger charge is 2.28. The van der Waals surface area contributed by atoms with Gasteiger partial charge >= 0.3 is 0 Å². The van der Waals surface area contributed by atoms with Crippen LogP contribution in [0.3, 0.4) is 0 Å². The molecule has 0 aliphatic heterocycles. The van der Waals surface area contributed by atoms with Crippen molar-refractivity contribution in [2.24, 2.45) is 0 Å². The Morgan fingerprint density at radius 1 is 1.28 bits per heavy atom. The average Bonchev–Trinajstić information content (AvgIpc) is 3.14. The Balaban J connectivity index is 2.11. The Morgan fingerprint density at radius 3 is 2.66 bits per heavy atom.